The summed E-state index contributed by atoms with van der Waals surface area (Å²) in [6.45, 7) is 6.85. The summed E-state index contributed by atoms with van der Waals surface area (Å²) in [5.74, 6) is 0.878. The molecule has 0 atom stereocenters. The Labute approximate surface area is 143 Å². The molecule has 0 saturated heterocycles. The molecule has 3 aromatic rings. The Morgan fingerprint density at radius 1 is 1.04 bits per heavy atom. The molecule has 0 aliphatic rings. The molecule has 0 N–H and O–H groups in total. The van der Waals surface area contributed by atoms with Gasteiger partial charge in [-0.1, -0.05) is 47.5 Å². The van der Waals surface area contributed by atoms with Gasteiger partial charge in [0, 0.05) is 18.0 Å². The first-order valence-corrected chi connectivity index (χ1v) is 8.08. The molecule has 0 saturated carbocycles. The van der Waals surface area contributed by atoms with Crippen LogP contribution in [0.15, 0.2) is 72.8 Å². The van der Waals surface area contributed by atoms with Crippen LogP contribution in [0.1, 0.15) is 30.5 Å². The fourth-order valence-corrected chi connectivity index (χ4v) is 2.69. The van der Waals surface area contributed by atoms with Crippen LogP contribution in [0.3, 0.4) is 0 Å². The van der Waals surface area contributed by atoms with E-state index in [0.717, 1.165) is 22.6 Å². The van der Waals surface area contributed by atoms with E-state index in [2.05, 4.69) is 56.1 Å². The van der Waals surface area contributed by atoms with Crippen LogP contribution in [0.25, 0.3) is 5.70 Å². The number of para-hydroxylation sites is 1. The number of aryl methyl sites for hydroxylation is 1. The van der Waals surface area contributed by atoms with E-state index in [-0.39, 0.29) is 0 Å². The molecule has 0 spiro atoms. The molecule has 122 valence electrons. The highest BCUT2D eigenvalue weighted by Gasteiger charge is 2.12. The van der Waals surface area contributed by atoms with Gasteiger partial charge in [-0.3, -0.25) is 0 Å². The lowest BCUT2D eigenvalue weighted by molar-refractivity contribution is 0.305. The van der Waals surface area contributed by atoms with Crippen molar-refractivity contribution in [3.63, 3.8) is 0 Å². The first-order chi connectivity index (χ1) is 11.6. The van der Waals surface area contributed by atoms with E-state index in [1.165, 1.54) is 11.1 Å². The predicted molar refractivity (Wildman–Crippen MR) is 97.8 cm³/mol. The average molecular weight is 318 g/mol. The molecule has 3 nitrogen and oxygen atoms in total. The van der Waals surface area contributed by atoms with Gasteiger partial charge in [-0.15, -0.1) is 0 Å². The molecule has 0 bridgehead atoms. The summed E-state index contributed by atoms with van der Waals surface area (Å²) in [5.41, 5.74) is 5.80. The molecule has 1 aromatic heterocycles. The van der Waals surface area contributed by atoms with Gasteiger partial charge in [0.05, 0.1) is 12.0 Å². The highest BCUT2D eigenvalue weighted by atomic mass is 16.5. The Kier molecular flexibility index (Phi) is 4.80. The highest BCUT2D eigenvalue weighted by molar-refractivity contribution is 5.72. The van der Waals surface area contributed by atoms with Gasteiger partial charge >= 0.3 is 0 Å². The Morgan fingerprint density at radius 3 is 2.46 bits per heavy atom. The van der Waals surface area contributed by atoms with Crippen molar-refractivity contribution in [2.75, 3.05) is 0 Å². The lowest BCUT2D eigenvalue weighted by Gasteiger charge is -2.16. The molecule has 0 fully saturated rings. The smallest absolute Gasteiger partial charge is 0.129 e. The topological polar surface area (TPSA) is 27.1 Å². The fourth-order valence-electron chi connectivity index (χ4n) is 2.69. The molecule has 24 heavy (non-hydrogen) atoms. The van der Waals surface area contributed by atoms with Crippen LogP contribution in [0.2, 0.25) is 0 Å². The van der Waals surface area contributed by atoms with Gasteiger partial charge in [-0.2, -0.15) is 0 Å². The van der Waals surface area contributed by atoms with Crippen LogP contribution in [-0.2, 0) is 6.61 Å². The third kappa shape index (κ3) is 3.57. The second kappa shape index (κ2) is 7.18. The molecule has 1 heterocycles. The second-order valence-corrected chi connectivity index (χ2v) is 6.09. The highest BCUT2D eigenvalue weighted by Crippen LogP contribution is 2.30. The number of allylic oxidation sites excluding steroid dienone is 1. The van der Waals surface area contributed by atoms with Crippen LogP contribution >= 0.6 is 0 Å². The van der Waals surface area contributed by atoms with Crippen molar-refractivity contribution < 1.29 is 4.74 Å². The standard InChI is InChI=1S/C21H22N2O/c1-16(2)21(23-13-12-22-15-23)19-6-4-5-7-20(19)24-14-18-10-8-17(3)9-11-18/h4-13,15H,14H2,1-3H3. The SMILES string of the molecule is CC(C)=C(c1ccccc1OCc1ccc(C)cc1)n1ccnc1. The average Bonchev–Trinajstić information content (AvgIpc) is 3.09. The quantitative estimate of drug-likeness (QED) is 0.656. The van der Waals surface area contributed by atoms with Gasteiger partial charge in [-0.25, -0.2) is 4.98 Å². The minimum atomic E-state index is 0.553. The summed E-state index contributed by atoms with van der Waals surface area (Å²) in [4.78, 5) is 4.17. The molecule has 2 aromatic carbocycles. The van der Waals surface area contributed by atoms with Crippen LogP contribution in [0, 0.1) is 6.92 Å². The van der Waals surface area contributed by atoms with Crippen molar-refractivity contribution in [2.24, 2.45) is 0 Å². The first kappa shape index (κ1) is 16.1. The number of nitrogens with zero attached hydrogens (tertiary/aromatic N) is 2. The van der Waals surface area contributed by atoms with Crippen LogP contribution in [-0.4, -0.2) is 9.55 Å². The fraction of sp³-hybridized carbons (Fsp3) is 0.190. The summed E-state index contributed by atoms with van der Waals surface area (Å²) in [5, 5.41) is 0. The maximum atomic E-state index is 6.12. The molecule has 0 radical (unpaired) electrons. The van der Waals surface area contributed by atoms with Crippen LogP contribution in [0.5, 0.6) is 5.75 Å². The van der Waals surface area contributed by atoms with E-state index in [4.69, 9.17) is 4.74 Å². The largest absolute Gasteiger partial charge is 0.488 e. The molecule has 0 amide bonds. The lowest BCUT2D eigenvalue weighted by Crippen LogP contribution is -2.03. The van der Waals surface area contributed by atoms with Crippen molar-refractivity contribution in [1.29, 1.82) is 0 Å². The number of ether oxygens (including phenoxy) is 1. The van der Waals surface area contributed by atoms with E-state index < -0.39 is 0 Å². The Balaban J connectivity index is 1.90. The molecule has 3 heteroatoms. The zero-order valence-electron chi connectivity index (χ0n) is 14.4. The summed E-state index contributed by atoms with van der Waals surface area (Å²) in [7, 11) is 0. The van der Waals surface area contributed by atoms with E-state index in [1.807, 2.05) is 35.3 Å². The maximum Gasteiger partial charge on any atom is 0.129 e. The van der Waals surface area contributed by atoms with Gasteiger partial charge in [0.1, 0.15) is 12.4 Å². The normalized spacial score (nSPS) is 10.5. The zero-order chi connectivity index (χ0) is 16.9. The van der Waals surface area contributed by atoms with Crippen LogP contribution in [0.4, 0.5) is 0 Å². The summed E-state index contributed by atoms with van der Waals surface area (Å²) in [6, 6.07) is 16.6. The monoisotopic (exact) mass is 318 g/mol. The molecule has 3 rings (SSSR count). The predicted octanol–water partition coefficient (Wildman–Crippen LogP) is 5.07. The van der Waals surface area contributed by atoms with E-state index in [1.54, 1.807) is 6.20 Å². The Morgan fingerprint density at radius 2 is 1.79 bits per heavy atom. The Bertz CT molecular complexity index is 827. The summed E-state index contributed by atoms with van der Waals surface area (Å²) in [6.07, 6.45) is 5.57. The van der Waals surface area contributed by atoms with Crippen molar-refractivity contribution in [2.45, 2.75) is 27.4 Å². The molecular weight excluding hydrogens is 296 g/mol. The number of imidazole rings is 1. The van der Waals surface area contributed by atoms with Crippen molar-refractivity contribution in [3.05, 3.63) is 89.5 Å². The summed E-state index contributed by atoms with van der Waals surface area (Å²) < 4.78 is 8.16. The molecular formula is C21H22N2O. The van der Waals surface area contributed by atoms with Gasteiger partial charge in [0.25, 0.3) is 0 Å². The van der Waals surface area contributed by atoms with Gasteiger partial charge < -0.3 is 9.30 Å². The van der Waals surface area contributed by atoms with Crippen LogP contribution < -0.4 is 4.74 Å². The van der Waals surface area contributed by atoms with Crippen molar-refractivity contribution in [3.8, 4) is 5.75 Å². The molecule has 0 unspecified atom stereocenters. The lowest BCUT2D eigenvalue weighted by atomic mass is 10.1. The number of aromatic nitrogens is 2. The Hall–Kier alpha value is -2.81. The molecule has 0 aliphatic carbocycles. The number of benzene rings is 2. The van der Waals surface area contributed by atoms with Crippen molar-refractivity contribution in [1.82, 2.24) is 9.55 Å². The van der Waals surface area contributed by atoms with Crippen molar-refractivity contribution >= 4 is 5.70 Å². The third-order valence-electron chi connectivity index (χ3n) is 3.89. The third-order valence-corrected chi connectivity index (χ3v) is 3.89. The maximum absolute atomic E-state index is 6.12. The minimum Gasteiger partial charge on any atom is -0.488 e. The number of hydrogen-bond acceptors (Lipinski definition) is 2. The molecule has 0 aliphatic heterocycles. The van der Waals surface area contributed by atoms with E-state index in [0.29, 0.717) is 6.61 Å². The van der Waals surface area contributed by atoms with Gasteiger partial charge in [0.2, 0.25) is 0 Å². The minimum absolute atomic E-state index is 0.553. The van der Waals surface area contributed by atoms with Gasteiger partial charge in [-0.05, 0) is 38.5 Å². The first-order valence-electron chi connectivity index (χ1n) is 8.08. The number of hydrogen-bond donors (Lipinski definition) is 0. The second-order valence-electron chi connectivity index (χ2n) is 6.09. The van der Waals surface area contributed by atoms with E-state index >= 15 is 0 Å². The number of rotatable bonds is 5. The van der Waals surface area contributed by atoms with E-state index in [9.17, 15) is 0 Å². The van der Waals surface area contributed by atoms with Gasteiger partial charge in [0.15, 0.2) is 0 Å². The summed E-state index contributed by atoms with van der Waals surface area (Å²) >= 11 is 0. The zero-order valence-corrected chi connectivity index (χ0v) is 14.4.